The van der Waals surface area contributed by atoms with Crippen molar-refractivity contribution in [2.24, 2.45) is 16.3 Å². The molecular weight excluding hydrogens is 429 g/mol. The summed E-state index contributed by atoms with van der Waals surface area (Å²) < 4.78 is 5.54. The molecule has 5 nitrogen and oxygen atoms in total. The molecule has 1 saturated heterocycles. The molecule has 1 heterocycles. The minimum absolute atomic E-state index is 0. The summed E-state index contributed by atoms with van der Waals surface area (Å²) in [6, 6.07) is 0. The lowest BCUT2D eigenvalue weighted by Gasteiger charge is -2.28. The van der Waals surface area contributed by atoms with E-state index in [0.717, 1.165) is 45.1 Å². The molecule has 0 bridgehead atoms. The molecule has 0 aliphatic carbocycles. The second-order valence-corrected chi connectivity index (χ2v) is 7.39. The van der Waals surface area contributed by atoms with Gasteiger partial charge in [-0.2, -0.15) is 0 Å². The highest BCUT2D eigenvalue weighted by molar-refractivity contribution is 14.0. The van der Waals surface area contributed by atoms with Crippen LogP contribution in [0.2, 0.25) is 0 Å². The molecule has 0 aromatic heterocycles. The van der Waals surface area contributed by atoms with Crippen LogP contribution in [0.5, 0.6) is 0 Å². The van der Waals surface area contributed by atoms with Crippen LogP contribution in [0.25, 0.3) is 0 Å². The van der Waals surface area contributed by atoms with Gasteiger partial charge in [0.1, 0.15) is 0 Å². The zero-order valence-electron chi connectivity index (χ0n) is 16.5. The smallest absolute Gasteiger partial charge is 0.191 e. The van der Waals surface area contributed by atoms with Crippen LogP contribution < -0.4 is 10.6 Å². The summed E-state index contributed by atoms with van der Waals surface area (Å²) in [6.07, 6.45) is 9.78. The fourth-order valence-electron chi connectivity index (χ4n) is 3.27. The number of nitrogens with zero attached hydrogens (tertiary/aromatic N) is 1. The first-order valence-electron chi connectivity index (χ1n) is 9.79. The molecule has 1 aliphatic heterocycles. The number of hydrogen-bond donors (Lipinski definition) is 3. The van der Waals surface area contributed by atoms with Gasteiger partial charge in [-0.05, 0) is 25.2 Å². The van der Waals surface area contributed by atoms with Crippen LogP contribution in [-0.4, -0.2) is 51.0 Å². The van der Waals surface area contributed by atoms with E-state index in [1.807, 2.05) is 7.05 Å². The van der Waals surface area contributed by atoms with E-state index in [1.54, 1.807) is 0 Å². The van der Waals surface area contributed by atoms with E-state index < -0.39 is 0 Å². The monoisotopic (exact) mass is 469 g/mol. The van der Waals surface area contributed by atoms with Crippen molar-refractivity contribution in [1.29, 1.82) is 0 Å². The number of guanidine groups is 1. The number of aliphatic hydroxyl groups is 1. The molecule has 0 aromatic rings. The van der Waals surface area contributed by atoms with Gasteiger partial charge in [0, 0.05) is 38.8 Å². The predicted molar refractivity (Wildman–Crippen MR) is 117 cm³/mol. The Morgan fingerprint density at radius 2 is 2.00 bits per heavy atom. The number of aliphatic hydroxyl groups excluding tert-OH is 1. The van der Waals surface area contributed by atoms with Gasteiger partial charge < -0.3 is 20.5 Å². The van der Waals surface area contributed by atoms with Gasteiger partial charge >= 0.3 is 0 Å². The zero-order valence-corrected chi connectivity index (χ0v) is 18.8. The Hall–Kier alpha value is -0.0800. The molecule has 1 fully saturated rings. The van der Waals surface area contributed by atoms with E-state index in [2.05, 4.69) is 29.5 Å². The number of ether oxygens (including phenoxy) is 1. The first-order valence-corrected chi connectivity index (χ1v) is 9.79. The van der Waals surface area contributed by atoms with E-state index in [4.69, 9.17) is 4.74 Å². The molecule has 6 heteroatoms. The van der Waals surface area contributed by atoms with Crippen molar-refractivity contribution in [3.63, 3.8) is 0 Å². The molecule has 2 unspecified atom stereocenters. The van der Waals surface area contributed by atoms with Crippen molar-refractivity contribution in [3.05, 3.63) is 0 Å². The molecule has 150 valence electrons. The van der Waals surface area contributed by atoms with Gasteiger partial charge in [0.15, 0.2) is 5.96 Å². The average molecular weight is 469 g/mol. The number of hydrogen-bond acceptors (Lipinski definition) is 3. The van der Waals surface area contributed by atoms with Gasteiger partial charge in [-0.15, -0.1) is 24.0 Å². The van der Waals surface area contributed by atoms with Gasteiger partial charge in [0.2, 0.25) is 0 Å². The first-order chi connectivity index (χ1) is 11.7. The van der Waals surface area contributed by atoms with E-state index in [1.165, 1.54) is 38.5 Å². The normalized spacial score (nSPS) is 21.7. The van der Waals surface area contributed by atoms with Gasteiger partial charge in [0.05, 0.1) is 6.61 Å². The highest BCUT2D eigenvalue weighted by Gasteiger charge is 2.34. The zero-order chi connectivity index (χ0) is 17.7. The molecule has 2 atom stereocenters. The van der Waals surface area contributed by atoms with Crippen molar-refractivity contribution in [3.8, 4) is 0 Å². The highest BCUT2D eigenvalue weighted by atomic mass is 127. The third-order valence-electron chi connectivity index (χ3n) is 5.10. The lowest BCUT2D eigenvalue weighted by Crippen LogP contribution is -2.45. The van der Waals surface area contributed by atoms with Crippen LogP contribution in [0.15, 0.2) is 4.99 Å². The first kappa shape index (κ1) is 24.9. The maximum absolute atomic E-state index is 9.30. The maximum Gasteiger partial charge on any atom is 0.191 e. The van der Waals surface area contributed by atoms with Gasteiger partial charge in [0.25, 0.3) is 0 Å². The summed E-state index contributed by atoms with van der Waals surface area (Å²) in [6.45, 7) is 8.06. The molecule has 0 saturated carbocycles. The van der Waals surface area contributed by atoms with Crippen LogP contribution >= 0.6 is 24.0 Å². The van der Waals surface area contributed by atoms with Crippen LogP contribution in [0, 0.1) is 11.3 Å². The second-order valence-electron chi connectivity index (χ2n) is 7.39. The Bertz CT molecular complexity index is 348. The molecule has 0 amide bonds. The fourth-order valence-corrected chi connectivity index (χ4v) is 3.27. The van der Waals surface area contributed by atoms with Gasteiger partial charge in [-0.3, -0.25) is 4.99 Å². The minimum atomic E-state index is 0. The molecule has 1 aliphatic rings. The van der Waals surface area contributed by atoms with Crippen LogP contribution in [0.3, 0.4) is 0 Å². The third kappa shape index (κ3) is 10.6. The number of halogens is 1. The molecule has 25 heavy (non-hydrogen) atoms. The number of rotatable bonds is 12. The Kier molecular flexibility index (Phi) is 15.0. The molecular formula is C19H40IN3O2. The van der Waals surface area contributed by atoms with Crippen molar-refractivity contribution < 1.29 is 9.84 Å². The van der Waals surface area contributed by atoms with Crippen molar-refractivity contribution in [1.82, 2.24) is 10.6 Å². The standard InChI is InChI=1S/C19H39N3O2.HI/c1-4-5-6-7-8-9-17(2)14-21-18(20-3)22-15-19(10-12-23)11-13-24-16-19;/h17,23H,4-16H2,1-3H3,(H2,20,21,22);1H. The summed E-state index contributed by atoms with van der Waals surface area (Å²) in [5, 5.41) is 16.2. The number of nitrogens with one attached hydrogen (secondary N) is 2. The molecule has 0 spiro atoms. The molecule has 0 aromatic carbocycles. The lowest BCUT2D eigenvalue weighted by atomic mass is 9.84. The third-order valence-corrected chi connectivity index (χ3v) is 5.10. The van der Waals surface area contributed by atoms with Crippen LogP contribution in [0.1, 0.15) is 65.2 Å². The summed E-state index contributed by atoms with van der Waals surface area (Å²) in [4.78, 5) is 4.32. The van der Waals surface area contributed by atoms with Gasteiger partial charge in [-0.25, -0.2) is 0 Å². The lowest BCUT2D eigenvalue weighted by molar-refractivity contribution is 0.127. The highest BCUT2D eigenvalue weighted by Crippen LogP contribution is 2.31. The van der Waals surface area contributed by atoms with Crippen LogP contribution in [0.4, 0.5) is 0 Å². The number of aliphatic imine (C=N–C) groups is 1. The molecule has 0 radical (unpaired) electrons. The van der Waals surface area contributed by atoms with Gasteiger partial charge in [-0.1, -0.05) is 46.0 Å². The summed E-state index contributed by atoms with van der Waals surface area (Å²) >= 11 is 0. The van der Waals surface area contributed by atoms with E-state index in [-0.39, 0.29) is 36.0 Å². The number of unbranched alkanes of at least 4 members (excludes halogenated alkanes) is 4. The predicted octanol–water partition coefficient (Wildman–Crippen LogP) is 3.56. The molecule has 1 rings (SSSR count). The minimum Gasteiger partial charge on any atom is -0.396 e. The Balaban J connectivity index is 0.00000576. The molecule has 3 N–H and O–H groups in total. The SMILES string of the molecule is CCCCCCCC(C)CNC(=NC)NCC1(CCO)CCOC1.I. The topological polar surface area (TPSA) is 65.9 Å². The van der Waals surface area contributed by atoms with Crippen molar-refractivity contribution in [2.75, 3.05) is 40.0 Å². The Morgan fingerprint density at radius 3 is 2.60 bits per heavy atom. The second kappa shape index (κ2) is 15.0. The summed E-state index contributed by atoms with van der Waals surface area (Å²) in [5.74, 6) is 1.52. The maximum atomic E-state index is 9.30. The van der Waals surface area contributed by atoms with E-state index in [9.17, 15) is 5.11 Å². The van der Waals surface area contributed by atoms with Crippen molar-refractivity contribution >= 4 is 29.9 Å². The van der Waals surface area contributed by atoms with E-state index in [0.29, 0.717) is 5.92 Å². The quantitative estimate of drug-likeness (QED) is 0.177. The van der Waals surface area contributed by atoms with Crippen molar-refractivity contribution in [2.45, 2.75) is 65.2 Å². The largest absolute Gasteiger partial charge is 0.396 e. The summed E-state index contributed by atoms with van der Waals surface area (Å²) in [5.41, 5.74) is 0.0528. The summed E-state index contributed by atoms with van der Waals surface area (Å²) in [7, 11) is 1.81. The van der Waals surface area contributed by atoms with Crippen LogP contribution in [-0.2, 0) is 4.74 Å². The average Bonchev–Trinajstić information content (AvgIpc) is 3.04. The Labute approximate surface area is 171 Å². The van der Waals surface area contributed by atoms with E-state index >= 15 is 0 Å². The fraction of sp³-hybridized carbons (Fsp3) is 0.947. The Morgan fingerprint density at radius 1 is 1.24 bits per heavy atom.